The van der Waals surface area contributed by atoms with E-state index in [1.165, 1.54) is 6.20 Å². The molecule has 1 aromatic carbocycles. The van der Waals surface area contributed by atoms with Crippen molar-refractivity contribution in [3.05, 3.63) is 58.5 Å². The molecule has 3 aliphatic rings. The molecule has 11 nitrogen and oxygen atoms in total. The van der Waals surface area contributed by atoms with Gasteiger partial charge in [0.2, 0.25) is 11.9 Å². The Kier molecular flexibility index (Phi) is 11.4. The molecule has 18 heteroatoms. The minimum Gasteiger partial charge on any atom is -0.481 e. The minimum atomic E-state index is -5.01. The molecule has 53 heavy (non-hydrogen) atoms. The minimum absolute atomic E-state index is 0.113. The maximum absolute atomic E-state index is 13.9. The molecule has 3 aliphatic heterocycles. The van der Waals surface area contributed by atoms with Gasteiger partial charge in [-0.1, -0.05) is 24.9 Å². The van der Waals surface area contributed by atoms with Crippen LogP contribution in [-0.2, 0) is 23.7 Å². The quantitative estimate of drug-likeness (QED) is 0.215. The van der Waals surface area contributed by atoms with Crippen LogP contribution in [0.1, 0.15) is 68.6 Å². The van der Waals surface area contributed by atoms with Crippen molar-refractivity contribution in [2.24, 2.45) is 5.92 Å². The zero-order valence-corrected chi connectivity index (χ0v) is 29.7. The summed E-state index contributed by atoms with van der Waals surface area (Å²) < 4.78 is 83.3. The fourth-order valence-electron chi connectivity index (χ4n) is 7.43. The van der Waals surface area contributed by atoms with Crippen molar-refractivity contribution in [3.8, 4) is 0 Å². The Bertz CT molecular complexity index is 1700. The number of carboxylic acid groups (broad SMARTS) is 1. The summed E-state index contributed by atoms with van der Waals surface area (Å²) in [5, 5.41) is 19.6. The lowest BCUT2D eigenvalue weighted by Gasteiger charge is -2.33. The topological polar surface area (TPSA) is 122 Å². The molecular weight excluding hydrogens is 730 g/mol. The number of carboxylic acids is 1. The summed E-state index contributed by atoms with van der Waals surface area (Å²) >= 11 is 6.71. The number of rotatable bonds is 10. The van der Waals surface area contributed by atoms with Crippen LogP contribution in [0.4, 0.5) is 49.7 Å². The average molecular weight is 771 g/mol. The maximum Gasteiger partial charge on any atom is 0.416 e. The van der Waals surface area contributed by atoms with E-state index < -0.39 is 47.5 Å². The molecule has 3 fully saturated rings. The third-order valence-electron chi connectivity index (χ3n) is 10.3. The molecule has 2 atom stereocenters. The van der Waals surface area contributed by atoms with Crippen LogP contribution in [-0.4, -0.2) is 87.0 Å². The molecule has 0 aliphatic carbocycles. The van der Waals surface area contributed by atoms with Crippen LogP contribution < -0.4 is 19.6 Å². The molecule has 2 aromatic heterocycles. The number of hydrogen-bond donors (Lipinski definition) is 2. The Morgan fingerprint density at radius 2 is 1.51 bits per heavy atom. The lowest BCUT2D eigenvalue weighted by Crippen LogP contribution is -2.40. The number of carbonyl (C=O) groups is 1. The lowest BCUT2D eigenvalue weighted by atomic mass is 9.97. The van der Waals surface area contributed by atoms with Crippen molar-refractivity contribution in [1.29, 1.82) is 0 Å². The van der Waals surface area contributed by atoms with Gasteiger partial charge in [0.05, 0.1) is 53.5 Å². The largest absolute Gasteiger partial charge is 0.481 e. The first-order chi connectivity index (χ1) is 25.1. The molecule has 2 N–H and O–H groups in total. The number of alkyl halides is 6. The molecule has 5 heterocycles. The fourth-order valence-corrected chi connectivity index (χ4v) is 7.63. The van der Waals surface area contributed by atoms with Gasteiger partial charge in [-0.15, -0.1) is 0 Å². The third kappa shape index (κ3) is 8.99. The number of piperidine rings is 2. The third-order valence-corrected chi connectivity index (χ3v) is 10.5. The highest BCUT2D eigenvalue weighted by Gasteiger charge is 2.40. The van der Waals surface area contributed by atoms with Crippen LogP contribution in [0, 0.1) is 5.92 Å². The van der Waals surface area contributed by atoms with E-state index in [-0.39, 0.29) is 41.7 Å². The summed E-state index contributed by atoms with van der Waals surface area (Å²) in [6, 6.07) is 0.936. The van der Waals surface area contributed by atoms with Crippen LogP contribution >= 0.6 is 11.6 Å². The van der Waals surface area contributed by atoms with E-state index in [2.05, 4.69) is 15.0 Å². The molecule has 3 saturated heterocycles. The van der Waals surface area contributed by atoms with Gasteiger partial charge in [0.25, 0.3) is 0 Å². The van der Waals surface area contributed by atoms with Crippen LogP contribution in [0.5, 0.6) is 0 Å². The van der Waals surface area contributed by atoms with Gasteiger partial charge in [0, 0.05) is 45.3 Å². The van der Waals surface area contributed by atoms with Crippen molar-refractivity contribution in [1.82, 2.24) is 19.9 Å². The van der Waals surface area contributed by atoms with Gasteiger partial charge >= 0.3 is 18.3 Å². The fraction of sp³-hybridized carbons (Fsp3) is 0.571. The maximum atomic E-state index is 13.9. The number of anilines is 4. The predicted octanol–water partition coefficient (Wildman–Crippen LogP) is 6.67. The number of aliphatic hydroxyl groups is 1. The second kappa shape index (κ2) is 15.7. The smallest absolute Gasteiger partial charge is 0.416 e. The van der Waals surface area contributed by atoms with E-state index in [0.717, 1.165) is 18.6 Å². The molecule has 0 amide bonds. The zero-order chi connectivity index (χ0) is 38.1. The van der Waals surface area contributed by atoms with Crippen molar-refractivity contribution >= 4 is 41.0 Å². The Hall–Kier alpha value is -4.12. The van der Waals surface area contributed by atoms with Crippen LogP contribution in [0.25, 0.3) is 0 Å². The number of aromatic nitrogens is 4. The SMILES string of the molecule is CCC[C@@H]1C[C@H](N(Cc2cc(C(F)(F)F)cc(C(F)(F)F)c2)c2ncc(N3CCC(O)CC3)cn2)CN1c1nc(N2CCC(C(=O)O)CC2)ncc1Cl. The van der Waals surface area contributed by atoms with E-state index in [1.54, 1.807) is 17.3 Å². The molecule has 288 valence electrons. The molecule has 0 bridgehead atoms. The number of halogens is 7. The summed E-state index contributed by atoms with van der Waals surface area (Å²) in [7, 11) is 0. The molecule has 0 spiro atoms. The predicted molar refractivity (Wildman–Crippen MR) is 186 cm³/mol. The summed E-state index contributed by atoms with van der Waals surface area (Å²) in [6.45, 7) is 3.94. The highest BCUT2D eigenvalue weighted by Crippen LogP contribution is 2.39. The van der Waals surface area contributed by atoms with Gasteiger partial charge in [-0.2, -0.15) is 31.3 Å². The van der Waals surface area contributed by atoms with Crippen molar-refractivity contribution in [3.63, 3.8) is 0 Å². The van der Waals surface area contributed by atoms with E-state index in [1.807, 2.05) is 21.6 Å². The van der Waals surface area contributed by atoms with E-state index >= 15 is 0 Å². The highest BCUT2D eigenvalue weighted by atomic mass is 35.5. The second-order valence-electron chi connectivity index (χ2n) is 13.9. The molecule has 6 rings (SSSR count). The van der Waals surface area contributed by atoms with Crippen LogP contribution in [0.2, 0.25) is 5.02 Å². The molecular formula is C35H41ClF6N8O3. The van der Waals surface area contributed by atoms with Gasteiger partial charge in [-0.05, 0) is 62.3 Å². The first-order valence-corrected chi connectivity index (χ1v) is 18.1. The molecule has 0 unspecified atom stereocenters. The number of aliphatic carboxylic acids is 1. The summed E-state index contributed by atoms with van der Waals surface area (Å²) in [5.74, 6) is -0.348. The Morgan fingerprint density at radius 3 is 2.08 bits per heavy atom. The standard InChI is InChI=1S/C35H41ClF6N8O3/c1-2-3-25-15-26(20-49(25)30-29(36)18-45-33(46-30)48-8-4-22(5-9-48)31(52)53)50(32-43-16-27(17-44-32)47-10-6-28(51)7-11-47)19-21-12-23(34(37,38)39)14-24(13-21)35(40,41)42/h12-14,16-18,22,25-26,28,51H,2-11,15,19-20H2,1H3,(H,52,53)/t25-,26+/m1/s1. The normalized spacial score (nSPS) is 20.7. The molecule has 3 aromatic rings. The van der Waals surface area contributed by atoms with Crippen molar-refractivity contribution < 1.29 is 41.4 Å². The lowest BCUT2D eigenvalue weighted by molar-refractivity contribution is -0.144. The monoisotopic (exact) mass is 770 g/mol. The number of benzene rings is 1. The van der Waals surface area contributed by atoms with Gasteiger partial charge in [0.15, 0.2) is 5.82 Å². The Morgan fingerprint density at radius 1 is 0.906 bits per heavy atom. The number of hydrogen-bond acceptors (Lipinski definition) is 10. The van der Waals surface area contributed by atoms with E-state index in [0.29, 0.717) is 82.2 Å². The van der Waals surface area contributed by atoms with Gasteiger partial charge in [-0.3, -0.25) is 4.79 Å². The molecule has 0 saturated carbocycles. The van der Waals surface area contributed by atoms with Crippen LogP contribution in [0.15, 0.2) is 36.8 Å². The Balaban J connectivity index is 1.34. The summed E-state index contributed by atoms with van der Waals surface area (Å²) in [6.07, 6.45) is -1.88. The average Bonchev–Trinajstić information content (AvgIpc) is 3.53. The van der Waals surface area contributed by atoms with Gasteiger partial charge < -0.3 is 29.8 Å². The van der Waals surface area contributed by atoms with Crippen LogP contribution in [0.3, 0.4) is 0 Å². The van der Waals surface area contributed by atoms with E-state index in [4.69, 9.17) is 16.6 Å². The van der Waals surface area contributed by atoms with Crippen molar-refractivity contribution in [2.75, 3.05) is 52.3 Å². The first kappa shape index (κ1) is 38.6. The summed E-state index contributed by atoms with van der Waals surface area (Å²) in [5.41, 5.74) is -2.34. The number of aliphatic hydroxyl groups excluding tert-OH is 1. The molecule has 0 radical (unpaired) electrons. The second-order valence-corrected chi connectivity index (χ2v) is 14.3. The van der Waals surface area contributed by atoms with Gasteiger partial charge in [0.1, 0.15) is 5.02 Å². The Labute approximate surface area is 307 Å². The first-order valence-electron chi connectivity index (χ1n) is 17.7. The van der Waals surface area contributed by atoms with Crippen molar-refractivity contribution in [2.45, 2.75) is 89.0 Å². The zero-order valence-electron chi connectivity index (χ0n) is 29.0. The van der Waals surface area contributed by atoms with E-state index in [9.17, 15) is 41.4 Å². The number of nitrogens with zero attached hydrogens (tertiary/aromatic N) is 8. The highest BCUT2D eigenvalue weighted by molar-refractivity contribution is 6.32. The van der Waals surface area contributed by atoms with Gasteiger partial charge in [-0.25, -0.2) is 15.0 Å². The summed E-state index contributed by atoms with van der Waals surface area (Å²) in [4.78, 5) is 37.5.